The van der Waals surface area contributed by atoms with Crippen molar-refractivity contribution in [3.63, 3.8) is 0 Å². The summed E-state index contributed by atoms with van der Waals surface area (Å²) < 4.78 is 16.4. The lowest BCUT2D eigenvalue weighted by Gasteiger charge is -2.14. The third-order valence-electron chi connectivity index (χ3n) is 4.84. The summed E-state index contributed by atoms with van der Waals surface area (Å²) in [4.78, 5) is 4.58. The summed E-state index contributed by atoms with van der Waals surface area (Å²) >= 11 is 0. The molecule has 3 aromatic carbocycles. The van der Waals surface area contributed by atoms with E-state index in [0.29, 0.717) is 13.2 Å². The number of nitrogens with zero attached hydrogens (tertiary/aromatic N) is 1. The van der Waals surface area contributed by atoms with Gasteiger partial charge in [-0.05, 0) is 52.2 Å². The molecule has 1 aliphatic heterocycles. The second kappa shape index (κ2) is 8.31. The predicted molar refractivity (Wildman–Crippen MR) is 113 cm³/mol. The monoisotopic (exact) mass is 376 g/mol. The van der Waals surface area contributed by atoms with Crippen LogP contribution in [0.4, 0.5) is 0 Å². The fraction of sp³-hybridized carbons (Fsp3) is 0.261. The summed E-state index contributed by atoms with van der Waals surface area (Å²) in [5.74, 6) is 2.58. The van der Waals surface area contributed by atoms with Gasteiger partial charge in [-0.15, -0.1) is 0 Å². The first-order valence-corrected chi connectivity index (χ1v) is 9.41. The van der Waals surface area contributed by atoms with Gasteiger partial charge >= 0.3 is 0 Å². The topological polar surface area (TPSA) is 52.1 Å². The quantitative estimate of drug-likeness (QED) is 0.636. The average molecular weight is 376 g/mol. The summed E-state index contributed by atoms with van der Waals surface area (Å²) in [5.41, 5.74) is 3.31. The molecule has 28 heavy (non-hydrogen) atoms. The van der Waals surface area contributed by atoms with Crippen LogP contribution in [-0.2, 0) is 4.74 Å². The smallest absolute Gasteiger partial charge is 0.132 e. The number of amidine groups is 1. The maximum atomic E-state index is 5.98. The van der Waals surface area contributed by atoms with Crippen LogP contribution in [0, 0.1) is 0 Å². The van der Waals surface area contributed by atoms with Crippen molar-refractivity contribution in [1.29, 1.82) is 0 Å². The van der Waals surface area contributed by atoms with Crippen molar-refractivity contribution in [2.75, 3.05) is 40.5 Å². The molecule has 0 atom stereocenters. The standard InChI is InChI=1S/C23H24N2O3/c1-26-11-12-28-22-15-18-4-3-17(16-5-7-20(27-2)8-6-16)13-19(18)14-21(22)23-24-9-10-25-23/h3-8,13-15H,9-12H2,1-2H3,(H,24,25). The Labute approximate surface area is 165 Å². The zero-order valence-electron chi connectivity index (χ0n) is 16.2. The summed E-state index contributed by atoms with van der Waals surface area (Å²) in [6, 6.07) is 18.8. The molecule has 0 aliphatic carbocycles. The molecule has 1 N–H and O–H groups in total. The first-order chi connectivity index (χ1) is 13.8. The summed E-state index contributed by atoms with van der Waals surface area (Å²) in [6.07, 6.45) is 0. The fourth-order valence-corrected chi connectivity index (χ4v) is 3.36. The third-order valence-corrected chi connectivity index (χ3v) is 4.84. The van der Waals surface area contributed by atoms with E-state index in [9.17, 15) is 0 Å². The van der Waals surface area contributed by atoms with Gasteiger partial charge in [0.1, 0.15) is 23.9 Å². The van der Waals surface area contributed by atoms with Gasteiger partial charge < -0.3 is 19.5 Å². The Bertz CT molecular complexity index is 997. The molecule has 0 saturated heterocycles. The minimum Gasteiger partial charge on any atom is -0.497 e. The van der Waals surface area contributed by atoms with Gasteiger partial charge in [0.15, 0.2) is 0 Å². The van der Waals surface area contributed by atoms with E-state index < -0.39 is 0 Å². The average Bonchev–Trinajstić information content (AvgIpc) is 3.28. The van der Waals surface area contributed by atoms with Crippen LogP contribution < -0.4 is 14.8 Å². The summed E-state index contributed by atoms with van der Waals surface area (Å²) in [5, 5.41) is 5.64. The highest BCUT2D eigenvalue weighted by Gasteiger charge is 2.15. The molecule has 0 amide bonds. The van der Waals surface area contributed by atoms with Gasteiger partial charge in [-0.2, -0.15) is 0 Å². The molecule has 0 aromatic heterocycles. The number of benzene rings is 3. The molecular weight excluding hydrogens is 352 g/mol. The molecule has 1 heterocycles. The van der Waals surface area contributed by atoms with Crippen LogP contribution >= 0.6 is 0 Å². The normalized spacial score (nSPS) is 13.3. The molecular formula is C23H24N2O3. The van der Waals surface area contributed by atoms with Crippen LogP contribution in [-0.4, -0.2) is 46.4 Å². The minimum atomic E-state index is 0.506. The number of hydrogen-bond donors (Lipinski definition) is 1. The van der Waals surface area contributed by atoms with E-state index in [1.807, 2.05) is 12.1 Å². The zero-order chi connectivity index (χ0) is 19.3. The van der Waals surface area contributed by atoms with E-state index in [0.717, 1.165) is 57.9 Å². The van der Waals surface area contributed by atoms with E-state index in [1.165, 1.54) is 0 Å². The number of methoxy groups -OCH3 is 2. The van der Waals surface area contributed by atoms with E-state index >= 15 is 0 Å². The summed E-state index contributed by atoms with van der Waals surface area (Å²) in [6.45, 7) is 2.70. The van der Waals surface area contributed by atoms with E-state index in [-0.39, 0.29) is 0 Å². The van der Waals surface area contributed by atoms with Gasteiger partial charge in [0.05, 0.1) is 25.8 Å². The first-order valence-electron chi connectivity index (χ1n) is 9.41. The van der Waals surface area contributed by atoms with Crippen molar-refractivity contribution in [2.24, 2.45) is 4.99 Å². The van der Waals surface area contributed by atoms with Gasteiger partial charge in [0, 0.05) is 13.7 Å². The molecule has 0 bridgehead atoms. The van der Waals surface area contributed by atoms with Gasteiger partial charge in [-0.3, -0.25) is 4.99 Å². The number of ether oxygens (including phenoxy) is 3. The second-order valence-corrected chi connectivity index (χ2v) is 6.64. The van der Waals surface area contributed by atoms with E-state index in [1.54, 1.807) is 14.2 Å². The van der Waals surface area contributed by atoms with Gasteiger partial charge in [-0.1, -0.05) is 24.3 Å². The Morgan fingerprint density at radius 1 is 0.893 bits per heavy atom. The molecule has 0 radical (unpaired) electrons. The number of fused-ring (bicyclic) bond motifs is 1. The van der Waals surface area contributed by atoms with Crippen molar-refractivity contribution < 1.29 is 14.2 Å². The summed E-state index contributed by atoms with van der Waals surface area (Å²) in [7, 11) is 3.35. The van der Waals surface area contributed by atoms with Crippen molar-refractivity contribution in [3.8, 4) is 22.6 Å². The van der Waals surface area contributed by atoms with Gasteiger partial charge in [0.25, 0.3) is 0 Å². The lowest BCUT2D eigenvalue weighted by Crippen LogP contribution is -2.20. The van der Waals surface area contributed by atoms with Crippen LogP contribution in [0.3, 0.4) is 0 Å². The maximum Gasteiger partial charge on any atom is 0.132 e. The largest absolute Gasteiger partial charge is 0.497 e. The molecule has 0 fully saturated rings. The molecule has 144 valence electrons. The van der Waals surface area contributed by atoms with Crippen molar-refractivity contribution in [1.82, 2.24) is 5.32 Å². The SMILES string of the molecule is COCCOc1cc2ccc(-c3ccc(OC)cc3)cc2cc1C1=NCCN1. The van der Waals surface area contributed by atoms with Gasteiger partial charge in [0.2, 0.25) is 0 Å². The lowest BCUT2D eigenvalue weighted by molar-refractivity contribution is 0.146. The van der Waals surface area contributed by atoms with E-state index in [2.05, 4.69) is 52.8 Å². The maximum absolute atomic E-state index is 5.98. The Balaban J connectivity index is 1.74. The Morgan fingerprint density at radius 3 is 2.43 bits per heavy atom. The van der Waals surface area contributed by atoms with Crippen molar-refractivity contribution in [2.45, 2.75) is 0 Å². The highest BCUT2D eigenvalue weighted by Crippen LogP contribution is 2.31. The molecule has 0 unspecified atom stereocenters. The van der Waals surface area contributed by atoms with Crippen molar-refractivity contribution >= 4 is 16.6 Å². The molecule has 1 aliphatic rings. The van der Waals surface area contributed by atoms with Gasteiger partial charge in [-0.25, -0.2) is 0 Å². The first kappa shape index (κ1) is 18.3. The molecule has 3 aromatic rings. The zero-order valence-corrected chi connectivity index (χ0v) is 16.2. The van der Waals surface area contributed by atoms with Crippen LogP contribution in [0.2, 0.25) is 0 Å². The van der Waals surface area contributed by atoms with Crippen LogP contribution in [0.1, 0.15) is 5.56 Å². The van der Waals surface area contributed by atoms with Crippen LogP contribution in [0.25, 0.3) is 21.9 Å². The number of hydrogen-bond acceptors (Lipinski definition) is 5. The van der Waals surface area contributed by atoms with Crippen LogP contribution in [0.15, 0.2) is 59.6 Å². The molecule has 5 nitrogen and oxygen atoms in total. The van der Waals surface area contributed by atoms with Crippen molar-refractivity contribution in [3.05, 3.63) is 60.2 Å². The molecule has 0 spiro atoms. The second-order valence-electron chi connectivity index (χ2n) is 6.64. The fourth-order valence-electron chi connectivity index (χ4n) is 3.36. The Morgan fingerprint density at radius 2 is 1.71 bits per heavy atom. The third kappa shape index (κ3) is 3.80. The number of nitrogens with one attached hydrogen (secondary N) is 1. The minimum absolute atomic E-state index is 0.506. The van der Waals surface area contributed by atoms with Crippen LogP contribution in [0.5, 0.6) is 11.5 Å². The Hall–Kier alpha value is -3.05. The highest BCUT2D eigenvalue weighted by molar-refractivity contribution is 6.06. The predicted octanol–water partition coefficient (Wildman–Crippen LogP) is 3.89. The molecule has 4 rings (SSSR count). The lowest BCUT2D eigenvalue weighted by atomic mass is 9.99. The number of rotatable bonds is 7. The molecule has 5 heteroatoms. The Kier molecular flexibility index (Phi) is 5.44. The van der Waals surface area contributed by atoms with E-state index in [4.69, 9.17) is 14.2 Å². The number of aliphatic imine (C=N–C) groups is 1. The highest BCUT2D eigenvalue weighted by atomic mass is 16.5. The molecule has 0 saturated carbocycles.